The van der Waals surface area contributed by atoms with E-state index < -0.39 is 6.10 Å². The molecule has 0 spiro atoms. The van der Waals surface area contributed by atoms with Gasteiger partial charge in [0.15, 0.2) is 6.10 Å². The Morgan fingerprint density at radius 3 is 1.10 bits per heavy atom. The number of rotatable bonds is 44. The van der Waals surface area contributed by atoms with Crippen LogP contribution in [0.25, 0.3) is 0 Å². The Kier molecular flexibility index (Phi) is 47.5. The maximum atomic E-state index is 12.8. The van der Waals surface area contributed by atoms with Crippen molar-refractivity contribution in [3.05, 3.63) is 109 Å². The molecule has 0 aromatic heterocycles. The van der Waals surface area contributed by atoms with Gasteiger partial charge in [-0.05, 0) is 109 Å². The van der Waals surface area contributed by atoms with Crippen molar-refractivity contribution in [2.24, 2.45) is 0 Å². The van der Waals surface area contributed by atoms with Gasteiger partial charge in [-0.3, -0.25) is 14.4 Å². The lowest BCUT2D eigenvalue weighted by molar-refractivity contribution is -0.167. The highest BCUT2D eigenvalue weighted by Crippen LogP contribution is 2.11. The Morgan fingerprint density at radius 1 is 0.333 bits per heavy atom. The number of allylic oxidation sites excluding steroid dienone is 18. The van der Waals surface area contributed by atoms with Gasteiger partial charge in [-0.25, -0.2) is 0 Å². The lowest BCUT2D eigenvalue weighted by atomic mass is 10.1. The molecular formula is C57H92O6. The standard InChI is InChI=1S/C57H92O6/c1-4-7-10-13-16-19-22-24-26-28-30-32-35-38-41-44-47-50-56(59)62-53-54(52-61-55(58)49-46-43-40-37-34-21-18-15-12-9-6-3)63-57(60)51-48-45-42-39-36-33-31-29-27-25-23-20-17-14-11-8-5-2/h7,10,15-16,18-19,24-27,30-33,38-39,41-42,54H,4-6,8-9,11-14,17,20-23,28-29,34-37,40,43-53H2,1-3H3/b10-7-,18-15-,19-16-,26-24-,27-25-,32-30-,33-31-,41-38-,42-39-/t54-/m0/s1. The molecule has 0 fully saturated rings. The molecule has 356 valence electrons. The van der Waals surface area contributed by atoms with Crippen LogP contribution in [-0.2, 0) is 28.6 Å². The van der Waals surface area contributed by atoms with Gasteiger partial charge >= 0.3 is 17.9 Å². The van der Waals surface area contributed by atoms with E-state index in [4.69, 9.17) is 14.2 Å². The first-order valence-corrected chi connectivity index (χ1v) is 25.4. The Labute approximate surface area is 387 Å². The molecule has 0 N–H and O–H groups in total. The average molecular weight is 873 g/mol. The number of unbranched alkanes of at least 4 members (excludes halogenated alkanes) is 15. The average Bonchev–Trinajstić information content (AvgIpc) is 3.28. The zero-order valence-corrected chi connectivity index (χ0v) is 40.5. The molecule has 0 rings (SSSR count). The predicted molar refractivity (Wildman–Crippen MR) is 270 cm³/mol. The summed E-state index contributed by atoms with van der Waals surface area (Å²) >= 11 is 0. The van der Waals surface area contributed by atoms with E-state index in [-0.39, 0.29) is 44.0 Å². The molecule has 0 aliphatic rings. The molecule has 0 amide bonds. The Balaban J connectivity index is 4.57. The number of ether oxygens (including phenoxy) is 3. The van der Waals surface area contributed by atoms with Gasteiger partial charge in [0.2, 0.25) is 0 Å². The smallest absolute Gasteiger partial charge is 0.306 e. The van der Waals surface area contributed by atoms with Gasteiger partial charge in [-0.1, -0.05) is 194 Å². The highest BCUT2D eigenvalue weighted by atomic mass is 16.6. The quantitative estimate of drug-likeness (QED) is 0.0263. The van der Waals surface area contributed by atoms with Crippen LogP contribution in [0.1, 0.15) is 213 Å². The second-order valence-corrected chi connectivity index (χ2v) is 16.3. The summed E-state index contributed by atoms with van der Waals surface area (Å²) in [4.78, 5) is 37.9. The van der Waals surface area contributed by atoms with Crippen LogP contribution in [0.2, 0.25) is 0 Å². The van der Waals surface area contributed by atoms with Crippen molar-refractivity contribution in [2.45, 2.75) is 219 Å². The molecule has 0 aromatic rings. The van der Waals surface area contributed by atoms with E-state index in [1.807, 2.05) is 0 Å². The van der Waals surface area contributed by atoms with Crippen molar-refractivity contribution in [3.63, 3.8) is 0 Å². The Morgan fingerprint density at radius 2 is 0.651 bits per heavy atom. The molecule has 0 aliphatic carbocycles. The monoisotopic (exact) mass is 873 g/mol. The fourth-order valence-corrected chi connectivity index (χ4v) is 6.41. The first-order valence-electron chi connectivity index (χ1n) is 25.4. The third-order valence-electron chi connectivity index (χ3n) is 10.2. The minimum Gasteiger partial charge on any atom is -0.462 e. The number of carbonyl (C=O) groups is 3. The SMILES string of the molecule is CC/C=C\C/C=C\C/C=C\C/C=C\C/C=C\CCCC(=O)OC[C@H](COC(=O)CCCCCCC/C=C\CCCC)OC(=O)CCC/C=C\C/C=C\C/C=C\CCCCCCCC. The largest absolute Gasteiger partial charge is 0.462 e. The minimum absolute atomic E-state index is 0.122. The van der Waals surface area contributed by atoms with Crippen LogP contribution < -0.4 is 0 Å². The van der Waals surface area contributed by atoms with Crippen LogP contribution in [0, 0.1) is 0 Å². The third-order valence-corrected chi connectivity index (χ3v) is 10.2. The maximum absolute atomic E-state index is 12.8. The highest BCUT2D eigenvalue weighted by Gasteiger charge is 2.19. The molecule has 0 unspecified atom stereocenters. The second-order valence-electron chi connectivity index (χ2n) is 16.3. The molecular weight excluding hydrogens is 781 g/mol. The molecule has 0 aliphatic heterocycles. The van der Waals surface area contributed by atoms with Gasteiger partial charge in [0.25, 0.3) is 0 Å². The lowest BCUT2D eigenvalue weighted by Gasteiger charge is -2.18. The normalized spacial score (nSPS) is 13.0. The first-order chi connectivity index (χ1) is 31.0. The van der Waals surface area contributed by atoms with Gasteiger partial charge in [0, 0.05) is 19.3 Å². The fourth-order valence-electron chi connectivity index (χ4n) is 6.41. The van der Waals surface area contributed by atoms with Crippen LogP contribution in [0.4, 0.5) is 0 Å². The molecule has 0 aromatic carbocycles. The van der Waals surface area contributed by atoms with Crippen molar-refractivity contribution < 1.29 is 28.6 Å². The van der Waals surface area contributed by atoms with Gasteiger partial charge in [-0.2, -0.15) is 0 Å². The van der Waals surface area contributed by atoms with Crippen LogP contribution in [0.3, 0.4) is 0 Å². The minimum atomic E-state index is -0.831. The molecule has 0 saturated heterocycles. The van der Waals surface area contributed by atoms with Crippen LogP contribution in [0.5, 0.6) is 0 Å². The highest BCUT2D eigenvalue weighted by molar-refractivity contribution is 5.71. The van der Waals surface area contributed by atoms with Gasteiger partial charge < -0.3 is 14.2 Å². The number of hydrogen-bond donors (Lipinski definition) is 0. The van der Waals surface area contributed by atoms with E-state index in [9.17, 15) is 14.4 Å². The number of carbonyl (C=O) groups excluding carboxylic acids is 3. The molecule has 0 saturated carbocycles. The fraction of sp³-hybridized carbons (Fsp3) is 0.632. The maximum Gasteiger partial charge on any atom is 0.306 e. The Bertz CT molecular complexity index is 1330. The molecule has 0 bridgehead atoms. The summed E-state index contributed by atoms with van der Waals surface area (Å²) in [6.45, 7) is 6.36. The summed E-state index contributed by atoms with van der Waals surface area (Å²) in [5.41, 5.74) is 0. The zero-order chi connectivity index (χ0) is 45.8. The van der Waals surface area contributed by atoms with Crippen molar-refractivity contribution in [1.29, 1.82) is 0 Å². The molecule has 6 heteroatoms. The predicted octanol–water partition coefficient (Wildman–Crippen LogP) is 16.8. The van der Waals surface area contributed by atoms with Crippen molar-refractivity contribution >= 4 is 17.9 Å². The summed E-state index contributed by atoms with van der Waals surface area (Å²) in [6, 6.07) is 0. The topological polar surface area (TPSA) is 78.9 Å². The van der Waals surface area contributed by atoms with Gasteiger partial charge in [0.1, 0.15) is 13.2 Å². The van der Waals surface area contributed by atoms with E-state index in [0.717, 1.165) is 89.9 Å². The van der Waals surface area contributed by atoms with Crippen molar-refractivity contribution in [1.82, 2.24) is 0 Å². The molecule has 0 heterocycles. The summed E-state index contributed by atoms with van der Waals surface area (Å²) < 4.78 is 16.7. The van der Waals surface area contributed by atoms with Gasteiger partial charge in [0.05, 0.1) is 0 Å². The van der Waals surface area contributed by atoms with E-state index in [1.54, 1.807) is 0 Å². The third kappa shape index (κ3) is 49.0. The zero-order valence-electron chi connectivity index (χ0n) is 40.5. The van der Waals surface area contributed by atoms with Crippen LogP contribution >= 0.6 is 0 Å². The Hall–Kier alpha value is -3.93. The van der Waals surface area contributed by atoms with Crippen molar-refractivity contribution in [2.75, 3.05) is 13.2 Å². The van der Waals surface area contributed by atoms with E-state index in [0.29, 0.717) is 19.3 Å². The summed E-state index contributed by atoms with van der Waals surface area (Å²) in [7, 11) is 0. The number of hydrogen-bond acceptors (Lipinski definition) is 6. The summed E-state index contributed by atoms with van der Waals surface area (Å²) in [6.07, 6.45) is 68.0. The second kappa shape index (κ2) is 50.7. The first kappa shape index (κ1) is 59.1. The molecule has 63 heavy (non-hydrogen) atoms. The molecule has 6 nitrogen and oxygen atoms in total. The van der Waals surface area contributed by atoms with Gasteiger partial charge in [-0.15, -0.1) is 0 Å². The summed E-state index contributed by atoms with van der Waals surface area (Å²) in [5.74, 6) is -1.05. The van der Waals surface area contributed by atoms with E-state index >= 15 is 0 Å². The van der Waals surface area contributed by atoms with Crippen LogP contribution in [0.15, 0.2) is 109 Å². The van der Waals surface area contributed by atoms with E-state index in [2.05, 4.69) is 130 Å². The summed E-state index contributed by atoms with van der Waals surface area (Å²) in [5, 5.41) is 0. The van der Waals surface area contributed by atoms with E-state index in [1.165, 1.54) is 70.6 Å². The van der Waals surface area contributed by atoms with Crippen molar-refractivity contribution in [3.8, 4) is 0 Å². The van der Waals surface area contributed by atoms with Crippen LogP contribution in [-0.4, -0.2) is 37.2 Å². The number of esters is 3. The molecule has 1 atom stereocenters. The molecule has 0 radical (unpaired) electrons. The lowest BCUT2D eigenvalue weighted by Crippen LogP contribution is -2.30.